The molecule has 4 heterocycles. The average molecular weight is 515 g/mol. The molecule has 184 valence electrons. The van der Waals surface area contributed by atoms with Gasteiger partial charge in [0.05, 0.1) is 31.2 Å². The lowest BCUT2D eigenvalue weighted by Crippen LogP contribution is -2.49. The lowest BCUT2D eigenvalue weighted by atomic mass is 10.1. The number of aliphatic hydroxyl groups is 1. The number of halogens is 2. The number of aromatic nitrogens is 4. The van der Waals surface area contributed by atoms with E-state index >= 15 is 0 Å². The molecule has 0 unspecified atom stereocenters. The molecule has 2 atom stereocenters. The number of nitrogens with zero attached hydrogens (tertiary/aromatic N) is 5. The summed E-state index contributed by atoms with van der Waals surface area (Å²) in [5.41, 5.74) is 0.842. The number of sulfonamides is 1. The number of morpholine rings is 1. The lowest BCUT2D eigenvalue weighted by molar-refractivity contribution is -0.0102. The topological polar surface area (TPSA) is 122 Å². The van der Waals surface area contributed by atoms with E-state index in [1.807, 2.05) is 18.7 Å². The largest absolute Gasteiger partial charge is 0.394 e. The van der Waals surface area contributed by atoms with Crippen LogP contribution in [0.1, 0.15) is 38.1 Å². The molecule has 0 aromatic carbocycles. The van der Waals surface area contributed by atoms with Crippen LogP contribution in [0.2, 0.25) is 0 Å². The molecule has 1 aliphatic carbocycles. The molecule has 0 radical (unpaired) electrons. The minimum absolute atomic E-state index is 0.0141. The molecular weight excluding hydrogens is 490 g/mol. The van der Waals surface area contributed by atoms with Gasteiger partial charge in [-0.3, -0.25) is 4.40 Å². The molecule has 10 nitrogen and oxygen atoms in total. The molecule has 2 aliphatic rings. The van der Waals surface area contributed by atoms with Crippen molar-refractivity contribution in [3.05, 3.63) is 23.5 Å². The molecule has 3 aromatic heterocycles. The summed E-state index contributed by atoms with van der Waals surface area (Å²) >= 11 is 0.728. The van der Waals surface area contributed by atoms with Crippen molar-refractivity contribution in [2.75, 3.05) is 24.7 Å². The molecule has 2 fully saturated rings. The van der Waals surface area contributed by atoms with Gasteiger partial charge in [-0.25, -0.2) is 26.9 Å². The second-order valence-electron chi connectivity index (χ2n) is 8.95. The van der Waals surface area contributed by atoms with E-state index in [9.17, 15) is 22.3 Å². The molecule has 1 saturated carbocycles. The maximum Gasteiger partial charge on any atom is 0.291 e. The lowest BCUT2D eigenvalue weighted by Gasteiger charge is -2.39. The number of nitrogens with one attached hydrogen (secondary N) is 1. The summed E-state index contributed by atoms with van der Waals surface area (Å²) in [4.78, 5) is 6.43. The van der Waals surface area contributed by atoms with E-state index in [4.69, 9.17) is 4.74 Å². The zero-order valence-electron chi connectivity index (χ0n) is 18.5. The number of anilines is 1. The maximum absolute atomic E-state index is 13.3. The van der Waals surface area contributed by atoms with Crippen molar-refractivity contribution >= 4 is 32.7 Å². The Bertz CT molecular complexity index is 1320. The number of hydrogen-bond donors (Lipinski definition) is 2. The highest BCUT2D eigenvalue weighted by Crippen LogP contribution is 2.38. The normalized spacial score (nSPS) is 22.6. The van der Waals surface area contributed by atoms with E-state index in [-0.39, 0.29) is 22.6 Å². The summed E-state index contributed by atoms with van der Waals surface area (Å²) in [5, 5.41) is 16.8. The second-order valence-corrected chi connectivity index (χ2v) is 11.6. The average Bonchev–Trinajstić information content (AvgIpc) is 3.19. The van der Waals surface area contributed by atoms with Crippen LogP contribution in [0.15, 0.2) is 23.4 Å². The van der Waals surface area contributed by atoms with Gasteiger partial charge in [0.25, 0.3) is 6.43 Å². The van der Waals surface area contributed by atoms with Crippen LogP contribution in [0.25, 0.3) is 16.3 Å². The van der Waals surface area contributed by atoms with Crippen molar-refractivity contribution in [2.45, 2.75) is 55.7 Å². The second kappa shape index (κ2) is 8.45. The number of alkyl halides is 2. The van der Waals surface area contributed by atoms with Gasteiger partial charge < -0.3 is 14.7 Å². The minimum atomic E-state index is -3.89. The highest BCUT2D eigenvalue weighted by Gasteiger charge is 2.42. The van der Waals surface area contributed by atoms with Crippen molar-refractivity contribution in [3.8, 4) is 10.7 Å². The van der Waals surface area contributed by atoms with E-state index in [0.717, 1.165) is 24.2 Å². The van der Waals surface area contributed by atoms with Gasteiger partial charge in [-0.2, -0.15) is 0 Å². The first-order valence-corrected chi connectivity index (χ1v) is 13.1. The van der Waals surface area contributed by atoms with Gasteiger partial charge in [-0.1, -0.05) is 11.3 Å². The molecule has 0 spiro atoms. The predicted octanol–water partition coefficient (Wildman–Crippen LogP) is 2.21. The Morgan fingerprint density at radius 1 is 1.38 bits per heavy atom. The van der Waals surface area contributed by atoms with Crippen LogP contribution in [-0.2, 0) is 14.8 Å². The summed E-state index contributed by atoms with van der Waals surface area (Å²) in [6.07, 6.45) is 1.19. The van der Waals surface area contributed by atoms with Gasteiger partial charge >= 0.3 is 0 Å². The Morgan fingerprint density at radius 3 is 2.79 bits per heavy atom. The number of fused-ring (bicyclic) bond motifs is 1. The minimum Gasteiger partial charge on any atom is -0.394 e. The summed E-state index contributed by atoms with van der Waals surface area (Å²) in [5.74, 6) is 0. The summed E-state index contributed by atoms with van der Waals surface area (Å²) in [6.45, 7) is 4.26. The smallest absolute Gasteiger partial charge is 0.291 e. The summed E-state index contributed by atoms with van der Waals surface area (Å²) in [6, 6.07) is 1.44. The Hall–Kier alpha value is -2.26. The van der Waals surface area contributed by atoms with E-state index in [0.29, 0.717) is 30.2 Å². The molecule has 2 N–H and O–H groups in total. The fourth-order valence-electron chi connectivity index (χ4n) is 3.92. The van der Waals surface area contributed by atoms with Gasteiger partial charge in [0, 0.05) is 24.3 Å². The monoisotopic (exact) mass is 514 g/mol. The molecule has 0 bridgehead atoms. The van der Waals surface area contributed by atoms with Gasteiger partial charge in [0.2, 0.25) is 10.0 Å². The first-order valence-electron chi connectivity index (χ1n) is 10.8. The maximum atomic E-state index is 13.3. The van der Waals surface area contributed by atoms with Gasteiger partial charge in [0.1, 0.15) is 10.6 Å². The van der Waals surface area contributed by atoms with E-state index < -0.39 is 33.1 Å². The Labute approximate surface area is 198 Å². The van der Waals surface area contributed by atoms with E-state index in [2.05, 4.69) is 19.9 Å². The van der Waals surface area contributed by atoms with Gasteiger partial charge in [0.15, 0.2) is 15.7 Å². The number of rotatable bonds is 7. The Kier molecular flexibility index (Phi) is 5.83. The Balaban J connectivity index is 1.67. The van der Waals surface area contributed by atoms with Gasteiger partial charge in [-0.05, 0) is 32.8 Å². The van der Waals surface area contributed by atoms with Crippen LogP contribution in [0, 0.1) is 0 Å². The molecular formula is C20H24F2N6O4S2. The van der Waals surface area contributed by atoms with Crippen molar-refractivity contribution < 1.29 is 27.0 Å². The first-order chi connectivity index (χ1) is 16.1. The fourth-order valence-corrected chi connectivity index (χ4v) is 6.11. The highest BCUT2D eigenvalue weighted by molar-refractivity contribution is 7.89. The third-order valence-corrected chi connectivity index (χ3v) is 8.68. The number of pyridine rings is 1. The molecule has 1 aliphatic heterocycles. The molecule has 34 heavy (non-hydrogen) atoms. The van der Waals surface area contributed by atoms with Crippen molar-refractivity contribution in [2.24, 2.45) is 0 Å². The standard InChI is InChI=1S/C20H24F2N6O4S2/c1-11-10-32-12(9-29)7-27(11)14-5-13(34(30,31)26-20(2)3-4-20)8-28-15(6-23-17(14)28)18-24-25-19(33-18)16(21)22/h5-6,8,11-12,16,26,29H,3-4,7,9-10H2,1-2H3/t11-,12-/m0/s1. The SMILES string of the molecule is C[C@H]1CO[C@H](CO)CN1c1cc(S(=O)(=O)NC2(C)CC2)cn2c(-c3nnc(C(F)F)s3)cnc12. The highest BCUT2D eigenvalue weighted by atomic mass is 32.2. The molecule has 14 heteroatoms. The molecule has 3 aromatic rings. The third kappa shape index (κ3) is 4.28. The van der Waals surface area contributed by atoms with Crippen LogP contribution >= 0.6 is 11.3 Å². The third-order valence-electron chi connectivity index (χ3n) is 6.12. The first kappa shape index (κ1) is 23.5. The zero-order chi connectivity index (χ0) is 24.3. The van der Waals surface area contributed by atoms with Crippen molar-refractivity contribution in [1.82, 2.24) is 24.3 Å². The fraction of sp³-hybridized carbons (Fsp3) is 0.550. The van der Waals surface area contributed by atoms with Crippen molar-refractivity contribution in [3.63, 3.8) is 0 Å². The number of ether oxygens (including phenoxy) is 1. The molecule has 0 amide bonds. The summed E-state index contributed by atoms with van der Waals surface area (Å²) in [7, 11) is -3.89. The van der Waals surface area contributed by atoms with Crippen LogP contribution in [-0.4, -0.2) is 70.5 Å². The van der Waals surface area contributed by atoms with Crippen LogP contribution in [0.5, 0.6) is 0 Å². The summed E-state index contributed by atoms with van der Waals surface area (Å²) < 4.78 is 62.7. The molecule has 1 saturated heterocycles. The quantitative estimate of drug-likeness (QED) is 0.492. The number of aliphatic hydroxyl groups excluding tert-OH is 1. The molecule has 5 rings (SSSR count). The van der Waals surface area contributed by atoms with Gasteiger partial charge in [-0.15, -0.1) is 10.2 Å². The van der Waals surface area contributed by atoms with E-state index in [1.165, 1.54) is 12.4 Å². The van der Waals surface area contributed by atoms with Crippen LogP contribution in [0.3, 0.4) is 0 Å². The predicted molar refractivity (Wildman–Crippen MR) is 121 cm³/mol. The van der Waals surface area contributed by atoms with Crippen LogP contribution < -0.4 is 9.62 Å². The zero-order valence-corrected chi connectivity index (χ0v) is 20.1. The number of imidazole rings is 1. The van der Waals surface area contributed by atoms with E-state index in [1.54, 1.807) is 10.5 Å². The van der Waals surface area contributed by atoms with Crippen molar-refractivity contribution in [1.29, 1.82) is 0 Å². The Morgan fingerprint density at radius 2 is 2.15 bits per heavy atom. The number of hydrogen-bond acceptors (Lipinski definition) is 9. The van der Waals surface area contributed by atoms with Crippen LogP contribution in [0.4, 0.5) is 14.5 Å².